The first-order chi connectivity index (χ1) is 11.1. The highest BCUT2D eigenvalue weighted by Gasteiger charge is 2.20. The molecular weight excluding hydrogens is 288 g/mol. The lowest BCUT2D eigenvalue weighted by molar-refractivity contribution is -0.109. The highest BCUT2D eigenvalue weighted by atomic mass is 16.1. The van der Waals surface area contributed by atoms with Crippen molar-refractivity contribution in [1.82, 2.24) is 10.3 Å². The fraction of sp³-hybridized carbons (Fsp3) is 0.556. The van der Waals surface area contributed by atoms with Crippen LogP contribution in [0.25, 0.3) is 0 Å². The zero-order valence-electron chi connectivity index (χ0n) is 14.3. The molecule has 0 aliphatic carbocycles. The maximum Gasteiger partial charge on any atom is 0.136 e. The molecule has 0 aromatic carbocycles. The van der Waals surface area contributed by atoms with Crippen LogP contribution in [0.4, 0.5) is 0 Å². The SMILES string of the molecule is C=C/C=C\C=C/C.CC1CNC(C=O)C1.N#CC1CCCN1N. The van der Waals surface area contributed by atoms with Gasteiger partial charge in [0.05, 0.1) is 12.1 Å². The molecule has 2 fully saturated rings. The van der Waals surface area contributed by atoms with Crippen LogP contribution in [0.3, 0.4) is 0 Å². The molecule has 2 rings (SSSR count). The number of hydrogen-bond acceptors (Lipinski definition) is 5. The molecule has 128 valence electrons. The zero-order valence-corrected chi connectivity index (χ0v) is 14.3. The molecule has 0 amide bonds. The van der Waals surface area contributed by atoms with E-state index in [-0.39, 0.29) is 12.1 Å². The van der Waals surface area contributed by atoms with Crippen LogP contribution in [0.15, 0.2) is 37.0 Å². The second-order valence-electron chi connectivity index (χ2n) is 5.66. The number of hydrazine groups is 1. The van der Waals surface area contributed by atoms with Crippen LogP contribution >= 0.6 is 0 Å². The summed E-state index contributed by atoms with van der Waals surface area (Å²) in [7, 11) is 0. The molecule has 0 saturated carbocycles. The van der Waals surface area contributed by atoms with Crippen molar-refractivity contribution in [2.45, 2.75) is 45.2 Å². The molecule has 0 spiro atoms. The summed E-state index contributed by atoms with van der Waals surface area (Å²) < 4.78 is 0. The number of hydrogen-bond donors (Lipinski definition) is 2. The Morgan fingerprint density at radius 2 is 2.13 bits per heavy atom. The van der Waals surface area contributed by atoms with Crippen molar-refractivity contribution in [3.63, 3.8) is 0 Å². The van der Waals surface area contributed by atoms with Crippen LogP contribution in [0.5, 0.6) is 0 Å². The first kappa shape index (κ1) is 21.3. The lowest BCUT2D eigenvalue weighted by atomic mass is 10.1. The van der Waals surface area contributed by atoms with E-state index in [1.807, 2.05) is 31.2 Å². The van der Waals surface area contributed by atoms with Gasteiger partial charge in [-0.2, -0.15) is 5.26 Å². The third-order valence-electron chi connectivity index (χ3n) is 3.54. The molecule has 0 aromatic rings. The molecule has 5 heteroatoms. The van der Waals surface area contributed by atoms with Gasteiger partial charge in [0, 0.05) is 6.54 Å². The van der Waals surface area contributed by atoms with E-state index in [0.717, 1.165) is 38.6 Å². The largest absolute Gasteiger partial charge is 0.307 e. The molecular formula is C18H30N4O. The number of carbonyl (C=O) groups excluding carboxylic acids is 1. The van der Waals surface area contributed by atoms with E-state index in [2.05, 4.69) is 24.9 Å². The van der Waals surface area contributed by atoms with Crippen molar-refractivity contribution in [3.05, 3.63) is 37.0 Å². The monoisotopic (exact) mass is 318 g/mol. The van der Waals surface area contributed by atoms with E-state index in [1.54, 1.807) is 11.1 Å². The van der Waals surface area contributed by atoms with Gasteiger partial charge in [-0.1, -0.05) is 43.9 Å². The Balaban J connectivity index is 0.000000317. The minimum absolute atomic E-state index is 0.0185. The van der Waals surface area contributed by atoms with Crippen LogP contribution in [0, 0.1) is 17.2 Å². The number of carbonyl (C=O) groups is 1. The second-order valence-corrected chi connectivity index (χ2v) is 5.66. The number of aldehydes is 1. The summed E-state index contributed by atoms with van der Waals surface area (Å²) in [5.74, 6) is 6.09. The zero-order chi connectivity index (χ0) is 17.5. The average molecular weight is 318 g/mol. The summed E-state index contributed by atoms with van der Waals surface area (Å²) >= 11 is 0. The van der Waals surface area contributed by atoms with Crippen molar-refractivity contribution in [3.8, 4) is 6.07 Å². The molecule has 23 heavy (non-hydrogen) atoms. The van der Waals surface area contributed by atoms with E-state index in [0.29, 0.717) is 5.92 Å². The maximum absolute atomic E-state index is 10.1. The Labute approximate surface area is 140 Å². The minimum Gasteiger partial charge on any atom is -0.307 e. The van der Waals surface area contributed by atoms with E-state index in [4.69, 9.17) is 11.1 Å². The first-order valence-corrected chi connectivity index (χ1v) is 8.09. The predicted molar refractivity (Wildman–Crippen MR) is 95.3 cm³/mol. The Kier molecular flexibility index (Phi) is 12.8. The average Bonchev–Trinajstić information content (AvgIpc) is 3.17. The van der Waals surface area contributed by atoms with Crippen LogP contribution < -0.4 is 11.2 Å². The molecule has 0 bridgehead atoms. The van der Waals surface area contributed by atoms with Crippen molar-refractivity contribution < 1.29 is 4.79 Å². The molecule has 0 radical (unpaired) electrons. The standard InChI is InChI=1S/C7H10.C6H11NO.C5H9N3/c1-3-5-7-6-4-2;1-5-2-6(4-8)7-3-5;6-4-5-2-1-3-8(5)7/h3-7H,1H2,2H3;4-7H,2-3H2,1H3;5H,1-3,7H2/b6-4-,7-5-;;. The molecule has 5 nitrogen and oxygen atoms in total. The molecule has 2 aliphatic heterocycles. The summed E-state index contributed by atoms with van der Waals surface area (Å²) in [6, 6.07) is 2.24. The Morgan fingerprint density at radius 1 is 1.39 bits per heavy atom. The van der Waals surface area contributed by atoms with Crippen LogP contribution in [-0.4, -0.2) is 36.5 Å². The van der Waals surface area contributed by atoms with E-state index in [1.165, 1.54) is 0 Å². The number of nitrogens with one attached hydrogen (secondary N) is 1. The molecule has 3 atom stereocenters. The molecule has 2 saturated heterocycles. The topological polar surface area (TPSA) is 82.2 Å². The quantitative estimate of drug-likeness (QED) is 0.474. The second kappa shape index (κ2) is 13.9. The first-order valence-electron chi connectivity index (χ1n) is 8.09. The predicted octanol–water partition coefficient (Wildman–Crippen LogP) is 2.34. The number of rotatable bonds is 3. The van der Waals surface area contributed by atoms with Gasteiger partial charge in [-0.15, -0.1) is 0 Å². The fourth-order valence-corrected chi connectivity index (χ4v) is 2.24. The Hall–Kier alpha value is -1.74. The van der Waals surface area contributed by atoms with Crippen molar-refractivity contribution in [2.75, 3.05) is 13.1 Å². The summed E-state index contributed by atoms with van der Waals surface area (Å²) in [5, 5.41) is 13.0. The van der Waals surface area contributed by atoms with Crippen LogP contribution in [-0.2, 0) is 4.79 Å². The number of nitriles is 1. The molecule has 0 aromatic heterocycles. The van der Waals surface area contributed by atoms with Gasteiger partial charge in [0.1, 0.15) is 12.3 Å². The maximum atomic E-state index is 10.1. The minimum atomic E-state index is -0.0185. The highest BCUT2D eigenvalue weighted by Crippen LogP contribution is 2.10. The molecule has 2 heterocycles. The van der Waals surface area contributed by atoms with Crippen molar-refractivity contribution in [1.29, 1.82) is 5.26 Å². The smallest absolute Gasteiger partial charge is 0.136 e. The van der Waals surface area contributed by atoms with Crippen molar-refractivity contribution in [2.24, 2.45) is 11.8 Å². The van der Waals surface area contributed by atoms with E-state index < -0.39 is 0 Å². The summed E-state index contributed by atoms with van der Waals surface area (Å²) in [5.41, 5.74) is 0. The van der Waals surface area contributed by atoms with Gasteiger partial charge >= 0.3 is 0 Å². The summed E-state index contributed by atoms with van der Waals surface area (Å²) in [6.07, 6.45) is 13.5. The number of nitrogens with two attached hydrogens (primary N) is 1. The molecule has 3 unspecified atom stereocenters. The van der Waals surface area contributed by atoms with E-state index >= 15 is 0 Å². The third-order valence-corrected chi connectivity index (χ3v) is 3.54. The van der Waals surface area contributed by atoms with Gasteiger partial charge in [-0.25, -0.2) is 5.01 Å². The fourth-order valence-electron chi connectivity index (χ4n) is 2.24. The lowest BCUT2D eigenvalue weighted by Crippen LogP contribution is -2.34. The summed E-state index contributed by atoms with van der Waals surface area (Å²) in [4.78, 5) is 10.1. The number of allylic oxidation sites excluding steroid dienone is 5. The van der Waals surface area contributed by atoms with Crippen molar-refractivity contribution >= 4 is 6.29 Å². The van der Waals surface area contributed by atoms with Gasteiger partial charge in [-0.3, -0.25) is 5.84 Å². The van der Waals surface area contributed by atoms with Gasteiger partial charge in [0.25, 0.3) is 0 Å². The summed E-state index contributed by atoms with van der Waals surface area (Å²) in [6.45, 7) is 9.52. The molecule has 3 N–H and O–H groups in total. The highest BCUT2D eigenvalue weighted by molar-refractivity contribution is 5.58. The van der Waals surface area contributed by atoms with Crippen LogP contribution in [0.2, 0.25) is 0 Å². The Morgan fingerprint density at radius 3 is 2.43 bits per heavy atom. The van der Waals surface area contributed by atoms with Crippen LogP contribution in [0.1, 0.15) is 33.1 Å². The van der Waals surface area contributed by atoms with Gasteiger partial charge in [-0.05, 0) is 38.6 Å². The third kappa shape index (κ3) is 10.6. The molecule has 2 aliphatic rings. The van der Waals surface area contributed by atoms with Gasteiger partial charge in [0.2, 0.25) is 0 Å². The number of nitrogens with zero attached hydrogens (tertiary/aromatic N) is 2. The van der Waals surface area contributed by atoms with Gasteiger partial charge in [0.15, 0.2) is 0 Å². The Bertz CT molecular complexity index is 425. The van der Waals surface area contributed by atoms with Gasteiger partial charge < -0.3 is 10.1 Å². The lowest BCUT2D eigenvalue weighted by Gasteiger charge is -2.09. The van der Waals surface area contributed by atoms with E-state index in [9.17, 15) is 4.79 Å². The normalized spacial score (nSPS) is 27.0.